The first-order valence-corrected chi connectivity index (χ1v) is 11.3. The van der Waals surface area contributed by atoms with Gasteiger partial charge in [-0.15, -0.1) is 0 Å². The molecule has 2 heteroatoms. The Balaban J connectivity index is 1.32. The molecule has 0 aromatic rings. The Bertz CT molecular complexity index is 618. The molecule has 4 aliphatic carbocycles. The highest BCUT2D eigenvalue weighted by atomic mass is 16.5. The number of hydrogen-bond acceptors (Lipinski definition) is 2. The van der Waals surface area contributed by atoms with Crippen LogP contribution in [-0.4, -0.2) is 19.0 Å². The van der Waals surface area contributed by atoms with Gasteiger partial charge in [0.2, 0.25) is 0 Å². The molecule has 0 spiro atoms. The Kier molecular flexibility index (Phi) is 4.16. The van der Waals surface area contributed by atoms with Gasteiger partial charge in [0, 0.05) is 17.8 Å². The summed E-state index contributed by atoms with van der Waals surface area (Å²) in [6.07, 6.45) is 15.2. The molecule has 0 aromatic carbocycles. The summed E-state index contributed by atoms with van der Waals surface area (Å²) in [5, 5.41) is 0. The van der Waals surface area contributed by atoms with E-state index < -0.39 is 0 Å². The van der Waals surface area contributed by atoms with Crippen LogP contribution in [0.15, 0.2) is 11.6 Å². The van der Waals surface area contributed by atoms with Gasteiger partial charge in [-0.05, 0) is 86.9 Å². The maximum Gasteiger partial charge on any atom is 0.139 e. The Morgan fingerprint density at radius 3 is 2.65 bits per heavy atom. The van der Waals surface area contributed by atoms with E-state index >= 15 is 0 Å². The van der Waals surface area contributed by atoms with E-state index in [1.54, 1.807) is 5.57 Å². The first kappa shape index (κ1) is 17.5. The van der Waals surface area contributed by atoms with E-state index in [2.05, 4.69) is 19.9 Å². The fourth-order valence-corrected chi connectivity index (χ4v) is 7.82. The van der Waals surface area contributed by atoms with E-state index in [1.165, 1.54) is 57.8 Å². The van der Waals surface area contributed by atoms with Gasteiger partial charge in [-0.1, -0.05) is 25.5 Å². The number of carbonyl (C=O) groups excluding carboxylic acids is 1. The highest BCUT2D eigenvalue weighted by Gasteiger charge is 2.59. The molecule has 0 radical (unpaired) electrons. The monoisotopic (exact) mass is 356 g/mol. The molecule has 6 atom stereocenters. The Morgan fingerprint density at radius 1 is 1.04 bits per heavy atom. The van der Waals surface area contributed by atoms with E-state index in [0.717, 1.165) is 43.3 Å². The number of allylic oxidation sites excluding steroid dienone is 2. The van der Waals surface area contributed by atoms with E-state index in [1.807, 2.05) is 0 Å². The molecule has 0 bridgehead atoms. The van der Waals surface area contributed by atoms with Crippen molar-refractivity contribution in [3.8, 4) is 0 Å². The first-order valence-electron chi connectivity index (χ1n) is 11.3. The van der Waals surface area contributed by atoms with Crippen LogP contribution in [0.5, 0.6) is 0 Å². The molecule has 144 valence electrons. The second-order valence-electron chi connectivity index (χ2n) is 10.8. The Morgan fingerprint density at radius 2 is 1.88 bits per heavy atom. The maximum atomic E-state index is 12.6. The van der Waals surface area contributed by atoms with Crippen LogP contribution in [0.25, 0.3) is 0 Å². The molecule has 0 N–H and O–H groups in total. The molecule has 4 saturated carbocycles. The maximum absolute atomic E-state index is 12.6. The summed E-state index contributed by atoms with van der Waals surface area (Å²) in [6.45, 7) is 6.90. The third-order valence-corrected chi connectivity index (χ3v) is 9.71. The Labute approximate surface area is 159 Å². The van der Waals surface area contributed by atoms with Crippen LogP contribution in [0, 0.1) is 40.4 Å². The number of ketones is 1. The lowest BCUT2D eigenvalue weighted by Crippen LogP contribution is -2.53. The Hall–Kier alpha value is -0.630. The summed E-state index contributed by atoms with van der Waals surface area (Å²) >= 11 is 0. The van der Waals surface area contributed by atoms with Crippen molar-refractivity contribution in [3.05, 3.63) is 11.6 Å². The summed E-state index contributed by atoms with van der Waals surface area (Å²) in [5.74, 6) is 4.68. The average Bonchev–Trinajstić information content (AvgIpc) is 2.89. The minimum Gasteiger partial charge on any atom is -0.381 e. The highest BCUT2D eigenvalue weighted by Crippen LogP contribution is 2.65. The predicted molar refractivity (Wildman–Crippen MR) is 104 cm³/mol. The summed E-state index contributed by atoms with van der Waals surface area (Å²) in [5.41, 5.74) is 2.32. The van der Waals surface area contributed by atoms with Gasteiger partial charge in [0.15, 0.2) is 0 Å². The van der Waals surface area contributed by atoms with Crippen molar-refractivity contribution in [2.24, 2.45) is 40.4 Å². The normalized spacial score (nSPS) is 50.1. The summed E-state index contributed by atoms with van der Waals surface area (Å²) in [4.78, 5) is 12.6. The smallest absolute Gasteiger partial charge is 0.139 e. The minimum atomic E-state index is 0.0366. The van der Waals surface area contributed by atoms with Crippen molar-refractivity contribution < 1.29 is 9.53 Å². The molecule has 26 heavy (non-hydrogen) atoms. The second-order valence-corrected chi connectivity index (χ2v) is 10.8. The number of rotatable bonds is 2. The zero-order valence-corrected chi connectivity index (χ0v) is 16.8. The summed E-state index contributed by atoms with van der Waals surface area (Å²) < 4.78 is 5.33. The van der Waals surface area contributed by atoms with Crippen LogP contribution < -0.4 is 0 Å². The average molecular weight is 357 g/mol. The first-order chi connectivity index (χ1) is 12.5. The third kappa shape index (κ3) is 2.50. The molecule has 1 heterocycles. The molecule has 1 saturated heterocycles. The van der Waals surface area contributed by atoms with Crippen molar-refractivity contribution in [2.45, 2.75) is 78.1 Å². The van der Waals surface area contributed by atoms with E-state index in [0.29, 0.717) is 17.1 Å². The van der Waals surface area contributed by atoms with Gasteiger partial charge in [0.25, 0.3) is 0 Å². The van der Waals surface area contributed by atoms with Crippen LogP contribution in [-0.2, 0) is 9.53 Å². The molecule has 4 unspecified atom stereocenters. The fraction of sp³-hybridized carbons (Fsp3) is 0.875. The molecule has 5 rings (SSSR count). The second kappa shape index (κ2) is 6.19. The van der Waals surface area contributed by atoms with Crippen molar-refractivity contribution in [1.82, 2.24) is 0 Å². The number of carbonyl (C=O) groups is 1. The molecule has 5 fully saturated rings. The van der Waals surface area contributed by atoms with Crippen molar-refractivity contribution in [3.63, 3.8) is 0 Å². The van der Waals surface area contributed by atoms with Gasteiger partial charge in [-0.25, -0.2) is 0 Å². The molecule has 0 aromatic heterocycles. The van der Waals surface area contributed by atoms with Gasteiger partial charge >= 0.3 is 0 Å². The largest absolute Gasteiger partial charge is 0.381 e. The zero-order valence-electron chi connectivity index (χ0n) is 16.8. The number of hydrogen-bond donors (Lipinski definition) is 0. The highest BCUT2D eigenvalue weighted by molar-refractivity contribution is 5.87. The standard InChI is InChI=1S/C24H36O2/c1-23-11-9-16(3-4-17-14-26-15-17)13-18(23)5-6-19-20-7-8-22(25)24(20,2)12-10-21(19)23/h3,17-21H,4-15H2,1-2H3/b16-3-/t18?,19?,20?,21?,23-,24-/m0/s1. The SMILES string of the molecule is C[C@]12CC/C(=C/CC3COC3)CC1CCC1C2CC[C@]2(C)C(=O)CCC12. The van der Waals surface area contributed by atoms with Crippen molar-refractivity contribution in [2.75, 3.05) is 13.2 Å². The van der Waals surface area contributed by atoms with Gasteiger partial charge in [-0.2, -0.15) is 0 Å². The molecular formula is C24H36O2. The van der Waals surface area contributed by atoms with E-state index in [4.69, 9.17) is 4.74 Å². The van der Waals surface area contributed by atoms with Gasteiger partial charge in [-0.3, -0.25) is 4.79 Å². The molecule has 5 aliphatic rings. The van der Waals surface area contributed by atoms with Crippen LogP contribution >= 0.6 is 0 Å². The molecule has 0 amide bonds. The van der Waals surface area contributed by atoms with E-state index in [-0.39, 0.29) is 5.41 Å². The van der Waals surface area contributed by atoms with Crippen molar-refractivity contribution in [1.29, 1.82) is 0 Å². The minimum absolute atomic E-state index is 0.0366. The third-order valence-electron chi connectivity index (χ3n) is 9.71. The van der Waals surface area contributed by atoms with Gasteiger partial charge < -0.3 is 4.74 Å². The number of fused-ring (bicyclic) bond motifs is 5. The molecule has 2 nitrogen and oxygen atoms in total. The topological polar surface area (TPSA) is 26.3 Å². The fourth-order valence-electron chi connectivity index (χ4n) is 7.82. The van der Waals surface area contributed by atoms with E-state index in [9.17, 15) is 4.79 Å². The molecular weight excluding hydrogens is 320 g/mol. The zero-order chi connectivity index (χ0) is 17.9. The van der Waals surface area contributed by atoms with Crippen LogP contribution in [0.1, 0.15) is 78.1 Å². The predicted octanol–water partition coefficient (Wildman–Crippen LogP) is 5.56. The lowest BCUT2D eigenvalue weighted by molar-refractivity contribution is -0.137. The lowest BCUT2D eigenvalue weighted by Gasteiger charge is -2.59. The van der Waals surface area contributed by atoms with Gasteiger partial charge in [0.05, 0.1) is 13.2 Å². The lowest BCUT2D eigenvalue weighted by atomic mass is 9.45. The van der Waals surface area contributed by atoms with Gasteiger partial charge in [0.1, 0.15) is 5.78 Å². The molecule has 1 aliphatic heterocycles. The summed E-state index contributed by atoms with van der Waals surface area (Å²) in [7, 11) is 0. The summed E-state index contributed by atoms with van der Waals surface area (Å²) in [6, 6.07) is 0. The number of ether oxygens (including phenoxy) is 1. The van der Waals surface area contributed by atoms with Crippen LogP contribution in [0.3, 0.4) is 0 Å². The van der Waals surface area contributed by atoms with Crippen LogP contribution in [0.4, 0.5) is 0 Å². The number of Topliss-reactive ketones (excluding diaryl/α,β-unsaturated/α-hetero) is 1. The quantitative estimate of drug-likeness (QED) is 0.605. The van der Waals surface area contributed by atoms with Crippen molar-refractivity contribution >= 4 is 5.78 Å². The van der Waals surface area contributed by atoms with Crippen LogP contribution in [0.2, 0.25) is 0 Å².